The number of aromatic amines is 1. The highest BCUT2D eigenvalue weighted by atomic mass is 32.2. The number of aromatic nitrogens is 2. The fourth-order valence-corrected chi connectivity index (χ4v) is 3.93. The van der Waals surface area contributed by atoms with Crippen molar-refractivity contribution in [3.63, 3.8) is 0 Å². The third-order valence-corrected chi connectivity index (χ3v) is 5.24. The summed E-state index contributed by atoms with van der Waals surface area (Å²) in [4.78, 5) is 0.272. The number of nitrogens with zero attached hydrogens (tertiary/aromatic N) is 2. The number of aryl methyl sites for hydroxylation is 2. The van der Waals surface area contributed by atoms with E-state index >= 15 is 0 Å². The Morgan fingerprint density at radius 1 is 1.35 bits per heavy atom. The summed E-state index contributed by atoms with van der Waals surface area (Å²) >= 11 is 0. The first-order valence-electron chi connectivity index (χ1n) is 5.62. The van der Waals surface area contributed by atoms with E-state index in [-0.39, 0.29) is 11.0 Å². The molecule has 0 radical (unpaired) electrons. The van der Waals surface area contributed by atoms with Gasteiger partial charge in [0.25, 0.3) is 0 Å². The molecule has 0 atom stereocenters. The molecule has 2 heterocycles. The van der Waals surface area contributed by atoms with Crippen LogP contribution in [0.3, 0.4) is 0 Å². The summed E-state index contributed by atoms with van der Waals surface area (Å²) in [5, 5.41) is 16.0. The van der Waals surface area contributed by atoms with Crippen molar-refractivity contribution in [1.82, 2.24) is 14.5 Å². The average Bonchev–Trinajstić information content (AvgIpc) is 2.59. The Kier molecular flexibility index (Phi) is 3.24. The summed E-state index contributed by atoms with van der Waals surface area (Å²) in [6.45, 7) is 4.11. The Labute approximate surface area is 101 Å². The SMILES string of the molecule is Cc1n[nH]c(C)c1S(=O)(=O)N1CCC(O)CC1. The molecule has 6 nitrogen and oxygen atoms in total. The van der Waals surface area contributed by atoms with Crippen molar-refractivity contribution in [2.24, 2.45) is 0 Å². The lowest BCUT2D eigenvalue weighted by Crippen LogP contribution is -2.40. The molecule has 1 saturated heterocycles. The van der Waals surface area contributed by atoms with Gasteiger partial charge in [-0.2, -0.15) is 9.40 Å². The number of hydrogen-bond acceptors (Lipinski definition) is 4. The van der Waals surface area contributed by atoms with Crippen molar-refractivity contribution >= 4 is 10.0 Å². The van der Waals surface area contributed by atoms with Crippen LogP contribution < -0.4 is 0 Å². The van der Waals surface area contributed by atoms with E-state index in [1.165, 1.54) is 4.31 Å². The fourth-order valence-electron chi connectivity index (χ4n) is 2.13. The van der Waals surface area contributed by atoms with Crippen molar-refractivity contribution in [2.75, 3.05) is 13.1 Å². The van der Waals surface area contributed by atoms with E-state index in [1.807, 2.05) is 0 Å². The van der Waals surface area contributed by atoms with Crippen LogP contribution in [-0.4, -0.2) is 47.2 Å². The minimum absolute atomic E-state index is 0.272. The summed E-state index contributed by atoms with van der Waals surface area (Å²) in [6.07, 6.45) is 0.609. The van der Waals surface area contributed by atoms with Crippen molar-refractivity contribution < 1.29 is 13.5 Å². The van der Waals surface area contributed by atoms with Crippen LogP contribution in [0, 0.1) is 13.8 Å². The van der Waals surface area contributed by atoms with E-state index < -0.39 is 10.0 Å². The molecule has 1 fully saturated rings. The van der Waals surface area contributed by atoms with Crippen LogP contribution in [0.4, 0.5) is 0 Å². The van der Waals surface area contributed by atoms with E-state index in [2.05, 4.69) is 10.2 Å². The average molecular weight is 259 g/mol. The summed E-state index contributed by atoms with van der Waals surface area (Å²) in [7, 11) is -3.47. The van der Waals surface area contributed by atoms with E-state index in [4.69, 9.17) is 0 Å². The second kappa shape index (κ2) is 4.40. The van der Waals surface area contributed by atoms with Crippen molar-refractivity contribution in [2.45, 2.75) is 37.7 Å². The molecule has 17 heavy (non-hydrogen) atoms. The summed E-state index contributed by atoms with van der Waals surface area (Å²) in [6, 6.07) is 0. The lowest BCUT2D eigenvalue weighted by Gasteiger charge is -2.28. The number of H-pyrrole nitrogens is 1. The molecule has 0 amide bonds. The molecule has 0 aromatic carbocycles. The molecule has 1 aliphatic rings. The van der Waals surface area contributed by atoms with Crippen LogP contribution >= 0.6 is 0 Å². The highest BCUT2D eigenvalue weighted by molar-refractivity contribution is 7.89. The third kappa shape index (κ3) is 2.22. The molecular weight excluding hydrogens is 242 g/mol. The fraction of sp³-hybridized carbons (Fsp3) is 0.700. The summed E-state index contributed by atoms with van der Waals surface area (Å²) < 4.78 is 26.2. The first kappa shape index (κ1) is 12.5. The number of hydrogen-bond donors (Lipinski definition) is 2. The maximum atomic E-state index is 12.4. The molecule has 1 aromatic heterocycles. The quantitative estimate of drug-likeness (QED) is 0.793. The standard InChI is InChI=1S/C10H17N3O3S/c1-7-10(8(2)12-11-7)17(15,16)13-5-3-9(14)4-6-13/h9,14H,3-6H2,1-2H3,(H,11,12). The van der Waals surface area contributed by atoms with Crippen molar-refractivity contribution in [3.8, 4) is 0 Å². The molecule has 0 spiro atoms. The zero-order valence-corrected chi connectivity index (χ0v) is 10.8. The van der Waals surface area contributed by atoms with E-state index in [0.717, 1.165) is 0 Å². The van der Waals surface area contributed by atoms with Gasteiger partial charge in [-0.3, -0.25) is 5.10 Å². The molecule has 0 saturated carbocycles. The Balaban J connectivity index is 2.31. The molecular formula is C10H17N3O3S. The van der Waals surface area contributed by atoms with Gasteiger partial charge in [-0.25, -0.2) is 8.42 Å². The van der Waals surface area contributed by atoms with E-state index in [0.29, 0.717) is 37.3 Å². The Hall–Kier alpha value is -0.920. The molecule has 1 aliphatic heterocycles. The number of aliphatic hydroxyl groups excluding tert-OH is 1. The Morgan fingerprint density at radius 2 is 1.94 bits per heavy atom. The molecule has 96 valence electrons. The molecule has 0 unspecified atom stereocenters. The topological polar surface area (TPSA) is 86.3 Å². The summed E-state index contributed by atoms with van der Waals surface area (Å²) in [5.41, 5.74) is 1.06. The highest BCUT2D eigenvalue weighted by Crippen LogP contribution is 2.24. The minimum Gasteiger partial charge on any atom is -0.393 e. The van der Waals surface area contributed by atoms with Crippen LogP contribution in [-0.2, 0) is 10.0 Å². The molecule has 1 aromatic rings. The van der Waals surface area contributed by atoms with Gasteiger partial charge in [0.2, 0.25) is 10.0 Å². The monoisotopic (exact) mass is 259 g/mol. The first-order valence-corrected chi connectivity index (χ1v) is 7.06. The number of nitrogens with one attached hydrogen (secondary N) is 1. The van der Waals surface area contributed by atoms with Crippen LogP contribution in [0.15, 0.2) is 4.90 Å². The zero-order chi connectivity index (χ0) is 12.6. The molecule has 0 aliphatic carbocycles. The number of rotatable bonds is 2. The van der Waals surface area contributed by atoms with Crippen LogP contribution in [0.25, 0.3) is 0 Å². The molecule has 2 rings (SSSR count). The van der Waals surface area contributed by atoms with Gasteiger partial charge in [0.15, 0.2) is 0 Å². The van der Waals surface area contributed by atoms with Crippen molar-refractivity contribution in [1.29, 1.82) is 0 Å². The normalized spacial score (nSPS) is 19.7. The van der Waals surface area contributed by atoms with Gasteiger partial charge in [-0.05, 0) is 26.7 Å². The first-order chi connectivity index (χ1) is 7.93. The van der Waals surface area contributed by atoms with Gasteiger partial charge in [0.1, 0.15) is 4.90 Å². The van der Waals surface area contributed by atoms with Gasteiger partial charge in [0, 0.05) is 13.1 Å². The Morgan fingerprint density at radius 3 is 2.41 bits per heavy atom. The minimum atomic E-state index is -3.47. The molecule has 0 bridgehead atoms. The summed E-state index contributed by atoms with van der Waals surface area (Å²) in [5.74, 6) is 0. The maximum absolute atomic E-state index is 12.4. The third-order valence-electron chi connectivity index (χ3n) is 3.08. The Bertz CT molecular complexity index is 481. The largest absolute Gasteiger partial charge is 0.393 e. The second-order valence-electron chi connectivity index (χ2n) is 4.40. The van der Waals surface area contributed by atoms with Gasteiger partial charge < -0.3 is 5.11 Å². The number of piperidine rings is 1. The predicted octanol–water partition coefficient (Wildman–Crippen LogP) is 0.172. The van der Waals surface area contributed by atoms with Gasteiger partial charge >= 0.3 is 0 Å². The number of sulfonamides is 1. The lowest BCUT2D eigenvalue weighted by atomic mass is 10.1. The zero-order valence-electron chi connectivity index (χ0n) is 9.97. The van der Waals surface area contributed by atoms with Crippen LogP contribution in [0.1, 0.15) is 24.2 Å². The van der Waals surface area contributed by atoms with Crippen molar-refractivity contribution in [3.05, 3.63) is 11.4 Å². The maximum Gasteiger partial charge on any atom is 0.246 e. The molecule has 7 heteroatoms. The van der Waals surface area contributed by atoms with Gasteiger partial charge in [0.05, 0.1) is 17.5 Å². The number of aliphatic hydroxyl groups is 1. The predicted molar refractivity (Wildman–Crippen MR) is 62.1 cm³/mol. The van der Waals surface area contributed by atoms with Gasteiger partial charge in [-0.15, -0.1) is 0 Å². The second-order valence-corrected chi connectivity index (χ2v) is 6.27. The van der Waals surface area contributed by atoms with Crippen LogP contribution in [0.5, 0.6) is 0 Å². The van der Waals surface area contributed by atoms with E-state index in [1.54, 1.807) is 13.8 Å². The molecule has 2 N–H and O–H groups in total. The van der Waals surface area contributed by atoms with Gasteiger partial charge in [-0.1, -0.05) is 0 Å². The lowest BCUT2D eigenvalue weighted by molar-refractivity contribution is 0.113. The smallest absolute Gasteiger partial charge is 0.246 e. The van der Waals surface area contributed by atoms with Crippen LogP contribution in [0.2, 0.25) is 0 Å². The van der Waals surface area contributed by atoms with E-state index in [9.17, 15) is 13.5 Å². The highest BCUT2D eigenvalue weighted by Gasteiger charge is 2.32.